The van der Waals surface area contributed by atoms with Crippen LogP contribution < -0.4 is 10.1 Å². The van der Waals surface area contributed by atoms with Gasteiger partial charge in [-0.1, -0.05) is 0 Å². The van der Waals surface area contributed by atoms with Crippen molar-refractivity contribution in [1.82, 2.24) is 24.2 Å². The van der Waals surface area contributed by atoms with Gasteiger partial charge in [0.15, 0.2) is 5.52 Å². The molecule has 3 aromatic rings. The maximum absolute atomic E-state index is 6.38. The van der Waals surface area contributed by atoms with E-state index in [1.165, 1.54) is 11.5 Å². The first-order valence-electron chi connectivity index (χ1n) is 10.6. The van der Waals surface area contributed by atoms with E-state index in [4.69, 9.17) is 9.47 Å². The van der Waals surface area contributed by atoms with E-state index in [0.717, 1.165) is 68.2 Å². The zero-order chi connectivity index (χ0) is 20.3. The van der Waals surface area contributed by atoms with Crippen molar-refractivity contribution in [1.29, 1.82) is 0 Å². The maximum Gasteiger partial charge on any atom is 0.245 e. The summed E-state index contributed by atoms with van der Waals surface area (Å²) in [4.78, 5) is 16.3. The minimum absolute atomic E-state index is 0.154. The van der Waals surface area contributed by atoms with Crippen molar-refractivity contribution in [3.8, 4) is 5.88 Å². The molecule has 1 saturated carbocycles. The van der Waals surface area contributed by atoms with Crippen molar-refractivity contribution in [2.75, 3.05) is 31.6 Å². The maximum atomic E-state index is 6.38. The standard InChI is InChI=1S/C21H26N6O2S/c1-14-13-18(30-26-14)24-21-23-17-3-2-8-22-19(17)20(25-21)29-16-6-4-15(5-7-16)27-9-11-28-12-10-27/h2-3,8,13,15-16H,4-7,9-12H2,1H3,(H,23,24,25). The van der Waals surface area contributed by atoms with Crippen molar-refractivity contribution in [2.45, 2.75) is 44.8 Å². The lowest BCUT2D eigenvalue weighted by atomic mass is 9.91. The fourth-order valence-electron chi connectivity index (χ4n) is 4.24. The molecule has 2 fully saturated rings. The zero-order valence-electron chi connectivity index (χ0n) is 17.1. The van der Waals surface area contributed by atoms with E-state index in [2.05, 4.69) is 29.5 Å². The van der Waals surface area contributed by atoms with Gasteiger partial charge in [0.1, 0.15) is 11.1 Å². The number of pyridine rings is 1. The molecule has 4 heterocycles. The quantitative estimate of drug-likeness (QED) is 0.663. The van der Waals surface area contributed by atoms with Crippen molar-refractivity contribution in [3.63, 3.8) is 0 Å². The average Bonchev–Trinajstić information content (AvgIpc) is 3.19. The van der Waals surface area contributed by atoms with Crippen LogP contribution in [0.5, 0.6) is 5.88 Å². The minimum Gasteiger partial charge on any atom is -0.473 e. The lowest BCUT2D eigenvalue weighted by Crippen LogP contribution is -2.46. The molecule has 0 atom stereocenters. The van der Waals surface area contributed by atoms with E-state index in [1.807, 2.05) is 25.1 Å². The summed E-state index contributed by atoms with van der Waals surface area (Å²) in [6, 6.07) is 6.44. The van der Waals surface area contributed by atoms with Crippen LogP contribution in [0.2, 0.25) is 0 Å². The summed E-state index contributed by atoms with van der Waals surface area (Å²) in [6.45, 7) is 5.76. The van der Waals surface area contributed by atoms with E-state index in [1.54, 1.807) is 6.20 Å². The Labute approximate surface area is 179 Å². The second kappa shape index (κ2) is 8.79. The molecule has 30 heavy (non-hydrogen) atoms. The van der Waals surface area contributed by atoms with Crippen LogP contribution in [0.1, 0.15) is 31.4 Å². The monoisotopic (exact) mass is 426 g/mol. The number of nitrogens with zero attached hydrogens (tertiary/aromatic N) is 5. The van der Waals surface area contributed by atoms with Gasteiger partial charge in [-0.2, -0.15) is 9.36 Å². The van der Waals surface area contributed by atoms with Crippen molar-refractivity contribution in [2.24, 2.45) is 0 Å². The van der Waals surface area contributed by atoms with E-state index >= 15 is 0 Å². The highest BCUT2D eigenvalue weighted by molar-refractivity contribution is 7.10. The molecule has 0 spiro atoms. The Kier molecular flexibility index (Phi) is 5.74. The summed E-state index contributed by atoms with van der Waals surface area (Å²) in [7, 11) is 0. The molecule has 0 amide bonds. The molecule has 158 valence electrons. The second-order valence-electron chi connectivity index (χ2n) is 7.88. The first-order chi connectivity index (χ1) is 14.7. The van der Waals surface area contributed by atoms with Crippen LogP contribution in [0.3, 0.4) is 0 Å². The molecule has 1 aliphatic heterocycles. The molecule has 0 unspecified atom stereocenters. The van der Waals surface area contributed by atoms with Gasteiger partial charge in [-0.15, -0.1) is 0 Å². The van der Waals surface area contributed by atoms with Gasteiger partial charge < -0.3 is 14.8 Å². The lowest BCUT2D eigenvalue weighted by molar-refractivity contribution is -0.00126. The molecule has 9 heteroatoms. The Morgan fingerprint density at radius 2 is 2.00 bits per heavy atom. The number of anilines is 2. The highest BCUT2D eigenvalue weighted by atomic mass is 32.1. The number of hydrogen-bond donors (Lipinski definition) is 1. The summed E-state index contributed by atoms with van der Waals surface area (Å²) in [6.07, 6.45) is 6.25. The zero-order valence-corrected chi connectivity index (χ0v) is 17.9. The van der Waals surface area contributed by atoms with Crippen LogP contribution in [-0.2, 0) is 4.74 Å². The number of morpholine rings is 1. The molecule has 0 bridgehead atoms. The SMILES string of the molecule is Cc1cc(Nc2nc(OC3CCC(N4CCOCC4)CC3)c3ncccc3n2)sn1. The van der Waals surface area contributed by atoms with Gasteiger partial charge in [-0.05, 0) is 62.3 Å². The number of fused-ring (bicyclic) bond motifs is 1. The third-order valence-electron chi connectivity index (χ3n) is 5.77. The largest absolute Gasteiger partial charge is 0.473 e. The molecule has 1 N–H and O–H groups in total. The third-order valence-corrected chi connectivity index (χ3v) is 6.57. The Balaban J connectivity index is 1.31. The van der Waals surface area contributed by atoms with Crippen LogP contribution in [0.15, 0.2) is 24.4 Å². The molecular weight excluding hydrogens is 400 g/mol. The van der Waals surface area contributed by atoms with Crippen molar-refractivity contribution >= 4 is 33.5 Å². The van der Waals surface area contributed by atoms with Crippen LogP contribution in [-0.4, -0.2) is 62.7 Å². The highest BCUT2D eigenvalue weighted by Crippen LogP contribution is 2.30. The average molecular weight is 427 g/mol. The number of aryl methyl sites for hydroxylation is 1. The Morgan fingerprint density at radius 1 is 1.17 bits per heavy atom. The van der Waals surface area contributed by atoms with Crippen LogP contribution in [0.4, 0.5) is 10.9 Å². The van der Waals surface area contributed by atoms with E-state index in [9.17, 15) is 0 Å². The Bertz CT molecular complexity index is 998. The molecule has 3 aromatic heterocycles. The predicted molar refractivity (Wildman–Crippen MR) is 117 cm³/mol. The number of rotatable bonds is 5. The molecule has 2 aliphatic rings. The Morgan fingerprint density at radius 3 is 2.77 bits per heavy atom. The minimum atomic E-state index is 0.154. The molecular formula is C21H26N6O2S. The third kappa shape index (κ3) is 4.38. The first-order valence-corrected chi connectivity index (χ1v) is 11.3. The van der Waals surface area contributed by atoms with Gasteiger partial charge in [0, 0.05) is 25.3 Å². The molecule has 1 saturated heterocycles. The van der Waals surface area contributed by atoms with E-state index in [-0.39, 0.29) is 6.10 Å². The molecule has 0 radical (unpaired) electrons. The number of aromatic nitrogens is 4. The summed E-state index contributed by atoms with van der Waals surface area (Å²) >= 11 is 1.39. The predicted octanol–water partition coefficient (Wildman–Crippen LogP) is 3.56. The van der Waals surface area contributed by atoms with Gasteiger partial charge in [-0.25, -0.2) is 9.97 Å². The van der Waals surface area contributed by atoms with E-state index in [0.29, 0.717) is 23.4 Å². The second-order valence-corrected chi connectivity index (χ2v) is 8.68. The van der Waals surface area contributed by atoms with Gasteiger partial charge in [0.2, 0.25) is 11.8 Å². The normalized spacial score (nSPS) is 22.8. The smallest absolute Gasteiger partial charge is 0.245 e. The fraction of sp³-hybridized carbons (Fsp3) is 0.524. The molecule has 1 aliphatic carbocycles. The topological polar surface area (TPSA) is 85.3 Å². The van der Waals surface area contributed by atoms with Crippen LogP contribution in [0, 0.1) is 6.92 Å². The van der Waals surface area contributed by atoms with Crippen molar-refractivity contribution in [3.05, 3.63) is 30.1 Å². The highest BCUT2D eigenvalue weighted by Gasteiger charge is 2.28. The molecule has 5 rings (SSSR count). The van der Waals surface area contributed by atoms with Gasteiger partial charge in [0.25, 0.3) is 0 Å². The van der Waals surface area contributed by atoms with Crippen LogP contribution in [0.25, 0.3) is 11.0 Å². The summed E-state index contributed by atoms with van der Waals surface area (Å²) in [5.74, 6) is 1.07. The van der Waals surface area contributed by atoms with E-state index < -0.39 is 0 Å². The lowest BCUT2D eigenvalue weighted by Gasteiger charge is -2.38. The molecule has 8 nitrogen and oxygen atoms in total. The van der Waals surface area contributed by atoms with Crippen molar-refractivity contribution < 1.29 is 9.47 Å². The van der Waals surface area contributed by atoms with Gasteiger partial charge in [-0.3, -0.25) is 4.90 Å². The number of nitrogens with one attached hydrogen (secondary N) is 1. The fourth-order valence-corrected chi connectivity index (χ4v) is 4.89. The van der Waals surface area contributed by atoms with Crippen LogP contribution >= 0.6 is 11.5 Å². The summed E-state index contributed by atoms with van der Waals surface area (Å²) < 4.78 is 16.2. The first kappa shape index (κ1) is 19.6. The number of ether oxygens (including phenoxy) is 2. The molecule has 0 aromatic carbocycles. The van der Waals surface area contributed by atoms with Gasteiger partial charge in [0.05, 0.1) is 24.4 Å². The summed E-state index contributed by atoms with van der Waals surface area (Å²) in [5.41, 5.74) is 2.45. The number of hydrogen-bond acceptors (Lipinski definition) is 9. The Hall–Kier alpha value is -2.36. The van der Waals surface area contributed by atoms with Gasteiger partial charge >= 0.3 is 0 Å². The summed E-state index contributed by atoms with van der Waals surface area (Å²) in [5, 5.41) is 4.16.